The van der Waals surface area contributed by atoms with Crippen LogP contribution in [0.15, 0.2) is 36.9 Å². The maximum absolute atomic E-state index is 12.8. The first-order valence-corrected chi connectivity index (χ1v) is 8.92. The van der Waals surface area contributed by atoms with Gasteiger partial charge in [0, 0.05) is 24.0 Å². The van der Waals surface area contributed by atoms with E-state index in [1.165, 1.54) is 25.7 Å². The molecule has 1 aromatic carbocycles. The van der Waals surface area contributed by atoms with Gasteiger partial charge in [-0.25, -0.2) is 0 Å². The molecule has 0 fully saturated rings. The highest BCUT2D eigenvalue weighted by atomic mass is 16.2. The van der Waals surface area contributed by atoms with Gasteiger partial charge in [-0.1, -0.05) is 62.9 Å². The van der Waals surface area contributed by atoms with Crippen molar-refractivity contribution in [1.29, 1.82) is 0 Å². The summed E-state index contributed by atoms with van der Waals surface area (Å²) in [5.41, 5.74) is 0.0112. The molecule has 2 rings (SSSR count). The molecule has 126 valence electrons. The van der Waals surface area contributed by atoms with E-state index in [2.05, 4.69) is 25.3 Å². The Morgan fingerprint density at radius 1 is 1.00 bits per heavy atom. The molecule has 0 aliphatic heterocycles. The molecular weight excluding hydrogens is 296 g/mol. The minimum Gasteiger partial charge on any atom is -0.293 e. The number of fused-ring (bicyclic) bond motifs is 1. The molecule has 0 unspecified atom stereocenters. The Kier molecular flexibility index (Phi) is 6.55. The molecule has 24 heavy (non-hydrogen) atoms. The van der Waals surface area contributed by atoms with Gasteiger partial charge in [-0.15, -0.1) is 18.4 Å². The molecule has 0 radical (unpaired) electrons. The van der Waals surface area contributed by atoms with Gasteiger partial charge in [-0.05, 0) is 12.8 Å². The maximum Gasteiger partial charge on any atom is 0.178 e. The predicted octanol–water partition coefficient (Wildman–Crippen LogP) is 5.38. The lowest BCUT2D eigenvalue weighted by Gasteiger charge is -2.21. The smallest absolute Gasteiger partial charge is 0.178 e. The van der Waals surface area contributed by atoms with Crippen LogP contribution in [0.3, 0.4) is 0 Å². The molecule has 2 heteroatoms. The number of rotatable bonds is 8. The Bertz CT molecular complexity index is 638. The summed E-state index contributed by atoms with van der Waals surface area (Å²) in [5, 5.41) is 0. The molecule has 2 nitrogen and oxygen atoms in total. The molecule has 0 amide bonds. The quantitative estimate of drug-likeness (QED) is 0.278. The summed E-state index contributed by atoms with van der Waals surface area (Å²) in [6, 6.07) is 7.08. The third kappa shape index (κ3) is 3.67. The normalized spacial score (nSPS) is 14.9. The molecule has 1 aliphatic carbocycles. The van der Waals surface area contributed by atoms with Gasteiger partial charge in [-0.3, -0.25) is 9.59 Å². The van der Waals surface area contributed by atoms with Crippen LogP contribution in [-0.4, -0.2) is 11.6 Å². The van der Waals surface area contributed by atoms with Crippen molar-refractivity contribution in [1.82, 2.24) is 0 Å². The second kappa shape index (κ2) is 8.64. The molecule has 0 spiro atoms. The van der Waals surface area contributed by atoms with Gasteiger partial charge in [0.1, 0.15) is 5.41 Å². The van der Waals surface area contributed by atoms with Crippen LogP contribution in [0.2, 0.25) is 0 Å². The van der Waals surface area contributed by atoms with E-state index in [0.717, 1.165) is 12.8 Å². The maximum atomic E-state index is 12.8. The lowest BCUT2D eigenvalue weighted by molar-refractivity contribution is 0.0706. The van der Waals surface area contributed by atoms with Crippen molar-refractivity contribution >= 4 is 11.6 Å². The van der Waals surface area contributed by atoms with Gasteiger partial charge >= 0.3 is 0 Å². The second-order valence-corrected chi connectivity index (χ2v) is 6.47. The van der Waals surface area contributed by atoms with Gasteiger partial charge in [0.2, 0.25) is 0 Å². The first-order chi connectivity index (χ1) is 11.7. The van der Waals surface area contributed by atoms with E-state index >= 15 is 0 Å². The number of unbranched alkanes of at least 4 members (excludes halogenated alkanes) is 5. The highest BCUT2D eigenvalue weighted by molar-refractivity contribution is 6.29. The number of carbonyl (C=O) groups excluding carboxylic acids is 2. The third-order valence-corrected chi connectivity index (χ3v) is 4.70. The SMILES string of the molecule is C=CCC1(CC#CCCCCCCC)C(=O)c2ccccc2C1=O. The van der Waals surface area contributed by atoms with Crippen LogP contribution in [-0.2, 0) is 0 Å². The van der Waals surface area contributed by atoms with Gasteiger partial charge in [-0.2, -0.15) is 0 Å². The standard InChI is InChI=1S/C22H26O2/c1-3-5-6-7-8-9-10-13-17-22(16-4-2)20(23)18-14-11-12-15-19(18)21(22)24/h4,11-12,14-15H,2-3,5-9,16-17H2,1H3. The first-order valence-electron chi connectivity index (χ1n) is 8.92. The highest BCUT2D eigenvalue weighted by Gasteiger charge is 2.51. The third-order valence-electron chi connectivity index (χ3n) is 4.70. The Balaban J connectivity index is 2.04. The average Bonchev–Trinajstić information content (AvgIpc) is 2.81. The Hall–Kier alpha value is -2.14. The monoisotopic (exact) mass is 322 g/mol. The van der Waals surface area contributed by atoms with Crippen LogP contribution in [0, 0.1) is 17.3 Å². The topological polar surface area (TPSA) is 34.1 Å². The minimum absolute atomic E-state index is 0.0970. The van der Waals surface area contributed by atoms with Crippen molar-refractivity contribution in [2.45, 2.75) is 58.3 Å². The van der Waals surface area contributed by atoms with E-state index in [1.807, 2.05) is 0 Å². The van der Waals surface area contributed by atoms with E-state index < -0.39 is 5.41 Å². The van der Waals surface area contributed by atoms with E-state index in [9.17, 15) is 9.59 Å². The number of hydrogen-bond donors (Lipinski definition) is 0. The molecule has 0 saturated heterocycles. The minimum atomic E-state index is -1.05. The van der Waals surface area contributed by atoms with Crippen LogP contribution in [0.1, 0.15) is 79.0 Å². The molecule has 1 aliphatic rings. The molecule has 0 atom stereocenters. The average molecular weight is 322 g/mol. The lowest BCUT2D eigenvalue weighted by atomic mass is 9.76. The fraction of sp³-hybridized carbons (Fsp3) is 0.455. The number of hydrogen-bond acceptors (Lipinski definition) is 2. The van der Waals surface area contributed by atoms with Gasteiger partial charge in [0.05, 0.1) is 0 Å². The highest BCUT2D eigenvalue weighted by Crippen LogP contribution is 2.42. The van der Waals surface area contributed by atoms with Crippen molar-refractivity contribution < 1.29 is 9.59 Å². The Labute approximate surface area is 145 Å². The number of ketones is 2. The van der Waals surface area contributed by atoms with Gasteiger partial charge in [0.25, 0.3) is 0 Å². The molecule has 0 N–H and O–H groups in total. The largest absolute Gasteiger partial charge is 0.293 e. The van der Waals surface area contributed by atoms with Gasteiger partial charge in [0.15, 0.2) is 11.6 Å². The van der Waals surface area contributed by atoms with Crippen molar-refractivity contribution in [3.8, 4) is 11.8 Å². The van der Waals surface area contributed by atoms with Crippen LogP contribution >= 0.6 is 0 Å². The second-order valence-electron chi connectivity index (χ2n) is 6.47. The van der Waals surface area contributed by atoms with E-state index in [-0.39, 0.29) is 11.6 Å². The van der Waals surface area contributed by atoms with Crippen molar-refractivity contribution in [2.24, 2.45) is 5.41 Å². The van der Waals surface area contributed by atoms with Gasteiger partial charge < -0.3 is 0 Å². The number of Topliss-reactive ketones (excluding diaryl/α,β-unsaturated/α-hetero) is 2. The summed E-state index contributed by atoms with van der Waals surface area (Å²) >= 11 is 0. The molecule has 0 saturated carbocycles. The Morgan fingerprint density at radius 3 is 2.21 bits per heavy atom. The van der Waals surface area contributed by atoms with E-state index in [1.54, 1.807) is 30.3 Å². The summed E-state index contributed by atoms with van der Waals surface area (Å²) in [5.74, 6) is 6.06. The van der Waals surface area contributed by atoms with E-state index in [0.29, 0.717) is 24.0 Å². The van der Waals surface area contributed by atoms with Crippen LogP contribution in [0.4, 0.5) is 0 Å². The van der Waals surface area contributed by atoms with Crippen LogP contribution < -0.4 is 0 Å². The zero-order chi connectivity index (χ0) is 17.4. The molecule has 0 aromatic heterocycles. The van der Waals surface area contributed by atoms with Crippen molar-refractivity contribution in [2.75, 3.05) is 0 Å². The summed E-state index contributed by atoms with van der Waals surface area (Å²) in [7, 11) is 0. The number of benzene rings is 1. The summed E-state index contributed by atoms with van der Waals surface area (Å²) in [6.45, 7) is 5.94. The lowest BCUT2D eigenvalue weighted by Crippen LogP contribution is -2.32. The molecule has 0 heterocycles. The van der Waals surface area contributed by atoms with Crippen LogP contribution in [0.5, 0.6) is 0 Å². The van der Waals surface area contributed by atoms with Crippen molar-refractivity contribution in [3.05, 3.63) is 48.0 Å². The fourth-order valence-electron chi connectivity index (χ4n) is 3.28. The number of carbonyl (C=O) groups is 2. The summed E-state index contributed by atoms with van der Waals surface area (Å²) < 4.78 is 0. The first kappa shape index (κ1) is 18.2. The van der Waals surface area contributed by atoms with Crippen molar-refractivity contribution in [3.63, 3.8) is 0 Å². The molecule has 1 aromatic rings. The molecule has 0 bridgehead atoms. The zero-order valence-corrected chi connectivity index (χ0v) is 14.6. The predicted molar refractivity (Wildman–Crippen MR) is 98.1 cm³/mol. The Morgan fingerprint density at radius 2 is 1.62 bits per heavy atom. The van der Waals surface area contributed by atoms with E-state index in [4.69, 9.17) is 0 Å². The van der Waals surface area contributed by atoms with Crippen LogP contribution in [0.25, 0.3) is 0 Å². The fourth-order valence-corrected chi connectivity index (χ4v) is 3.28. The summed E-state index contributed by atoms with van der Waals surface area (Å²) in [6.07, 6.45) is 9.19. The molecular formula is C22H26O2. The summed E-state index contributed by atoms with van der Waals surface area (Å²) in [4.78, 5) is 25.6. The number of allylic oxidation sites excluding steroid dienone is 1. The zero-order valence-electron chi connectivity index (χ0n) is 14.6.